The number of aromatic nitrogens is 2. The van der Waals surface area contributed by atoms with Gasteiger partial charge in [0.1, 0.15) is 5.60 Å². The van der Waals surface area contributed by atoms with E-state index in [1.165, 1.54) is 0 Å². The molecule has 0 atom stereocenters. The van der Waals surface area contributed by atoms with Crippen molar-refractivity contribution >= 4 is 12.0 Å². The predicted octanol–water partition coefficient (Wildman–Crippen LogP) is 2.52. The largest absolute Gasteiger partial charge is 0.444 e. The average molecular weight is 428 g/mol. The van der Waals surface area contributed by atoms with E-state index in [9.17, 15) is 9.59 Å². The molecule has 2 amide bonds. The lowest BCUT2D eigenvalue weighted by atomic mass is 10.1. The number of alkyl carbamates (subject to hydrolysis) is 1. The molecule has 0 saturated carbocycles. The van der Waals surface area contributed by atoms with Crippen molar-refractivity contribution in [2.24, 2.45) is 0 Å². The highest BCUT2D eigenvalue weighted by Gasteiger charge is 2.24. The van der Waals surface area contributed by atoms with Crippen LogP contribution in [0.3, 0.4) is 0 Å². The topological polar surface area (TPSA) is 88.5 Å². The molecule has 2 heterocycles. The highest BCUT2D eigenvalue weighted by molar-refractivity contribution is 5.78. The molecule has 0 spiro atoms. The number of carbonyl (C=O) groups excluding carboxylic acids is 2. The number of piperidine rings is 1. The van der Waals surface area contributed by atoms with E-state index in [4.69, 9.17) is 4.74 Å². The quantitative estimate of drug-likeness (QED) is 0.709. The molecule has 1 aromatic heterocycles. The molecule has 1 saturated heterocycles. The molecule has 0 radical (unpaired) electrons. The van der Waals surface area contributed by atoms with Crippen LogP contribution in [0, 0.1) is 0 Å². The number of amides is 2. The van der Waals surface area contributed by atoms with Gasteiger partial charge in [0, 0.05) is 31.9 Å². The first-order valence-corrected chi connectivity index (χ1v) is 10.9. The number of carbonyl (C=O) groups is 2. The summed E-state index contributed by atoms with van der Waals surface area (Å²) in [5, 5.41) is 10.3. The molecule has 1 aliphatic rings. The standard InChI is InChI=1S/C23H33N5O3/c1-23(2,3)31-22(30)26-19-10-13-27(14-11-19)17-21(29)24-12-9-18-15-25-28(16-18)20-7-5-4-6-8-20/h4-8,15-16,19H,9-14,17H2,1-3H3,(H,24,29)(H,26,30). The van der Waals surface area contributed by atoms with Crippen molar-refractivity contribution in [3.63, 3.8) is 0 Å². The molecular weight excluding hydrogens is 394 g/mol. The summed E-state index contributed by atoms with van der Waals surface area (Å²) in [6.45, 7) is 8.06. The first-order chi connectivity index (χ1) is 14.8. The van der Waals surface area contributed by atoms with Crippen LogP contribution in [-0.2, 0) is 16.0 Å². The number of para-hydroxylation sites is 1. The molecule has 0 bridgehead atoms. The molecule has 168 valence electrons. The highest BCUT2D eigenvalue weighted by atomic mass is 16.6. The van der Waals surface area contributed by atoms with Gasteiger partial charge in [0.05, 0.1) is 18.4 Å². The summed E-state index contributed by atoms with van der Waals surface area (Å²) < 4.78 is 7.15. The zero-order valence-corrected chi connectivity index (χ0v) is 18.6. The van der Waals surface area contributed by atoms with E-state index < -0.39 is 5.60 Å². The van der Waals surface area contributed by atoms with Crippen molar-refractivity contribution in [3.05, 3.63) is 48.3 Å². The molecule has 0 aliphatic carbocycles. The third-order valence-corrected chi connectivity index (χ3v) is 5.07. The van der Waals surface area contributed by atoms with Gasteiger partial charge in [-0.2, -0.15) is 5.10 Å². The normalized spacial score (nSPS) is 15.5. The van der Waals surface area contributed by atoms with E-state index >= 15 is 0 Å². The molecule has 0 unspecified atom stereocenters. The Hall–Kier alpha value is -2.87. The molecule has 1 aromatic carbocycles. The van der Waals surface area contributed by atoms with Crippen LogP contribution in [0.1, 0.15) is 39.2 Å². The van der Waals surface area contributed by atoms with Crippen molar-refractivity contribution in [2.75, 3.05) is 26.2 Å². The lowest BCUT2D eigenvalue weighted by Gasteiger charge is -2.32. The Kier molecular flexibility index (Phi) is 7.68. The van der Waals surface area contributed by atoms with Crippen LogP contribution in [0.5, 0.6) is 0 Å². The zero-order chi connectivity index (χ0) is 22.3. The van der Waals surface area contributed by atoms with Crippen molar-refractivity contribution in [2.45, 2.75) is 51.7 Å². The number of likely N-dealkylation sites (tertiary alicyclic amines) is 1. The predicted molar refractivity (Wildman–Crippen MR) is 119 cm³/mol. The Balaban J connectivity index is 1.32. The van der Waals surface area contributed by atoms with Crippen molar-refractivity contribution < 1.29 is 14.3 Å². The highest BCUT2D eigenvalue weighted by Crippen LogP contribution is 2.12. The van der Waals surface area contributed by atoms with E-state index in [0.717, 1.165) is 43.6 Å². The van der Waals surface area contributed by atoms with Crippen LogP contribution >= 0.6 is 0 Å². The van der Waals surface area contributed by atoms with Gasteiger partial charge in [-0.25, -0.2) is 9.48 Å². The number of hydrogen-bond acceptors (Lipinski definition) is 5. The minimum atomic E-state index is -0.497. The van der Waals surface area contributed by atoms with Crippen LogP contribution in [0.4, 0.5) is 4.79 Å². The van der Waals surface area contributed by atoms with E-state index in [-0.39, 0.29) is 18.0 Å². The van der Waals surface area contributed by atoms with Crippen LogP contribution in [0.25, 0.3) is 5.69 Å². The molecule has 3 rings (SSSR count). The summed E-state index contributed by atoms with van der Waals surface area (Å²) in [4.78, 5) is 26.3. The third kappa shape index (κ3) is 7.71. The van der Waals surface area contributed by atoms with E-state index in [1.54, 1.807) is 0 Å². The summed E-state index contributed by atoms with van der Waals surface area (Å²) in [6.07, 6.45) is 5.81. The minimum absolute atomic E-state index is 0.0222. The maximum Gasteiger partial charge on any atom is 0.407 e. The van der Waals surface area contributed by atoms with Gasteiger partial charge in [-0.15, -0.1) is 0 Å². The molecule has 2 aromatic rings. The van der Waals surface area contributed by atoms with Gasteiger partial charge >= 0.3 is 6.09 Å². The Morgan fingerprint density at radius 3 is 2.55 bits per heavy atom. The molecular formula is C23H33N5O3. The maximum atomic E-state index is 12.3. The van der Waals surface area contributed by atoms with Gasteiger partial charge in [0.25, 0.3) is 0 Å². The Bertz CT molecular complexity index is 852. The number of nitrogens with one attached hydrogen (secondary N) is 2. The number of hydrogen-bond donors (Lipinski definition) is 2. The number of ether oxygens (including phenoxy) is 1. The molecule has 1 fully saturated rings. The van der Waals surface area contributed by atoms with E-state index in [1.807, 2.05) is 68.2 Å². The van der Waals surface area contributed by atoms with Gasteiger partial charge in [-0.05, 0) is 57.7 Å². The smallest absolute Gasteiger partial charge is 0.407 e. The van der Waals surface area contributed by atoms with Gasteiger partial charge in [0.2, 0.25) is 5.91 Å². The lowest BCUT2D eigenvalue weighted by molar-refractivity contribution is -0.122. The maximum absolute atomic E-state index is 12.3. The lowest BCUT2D eigenvalue weighted by Crippen LogP contribution is -2.48. The zero-order valence-electron chi connectivity index (χ0n) is 18.6. The fourth-order valence-corrected chi connectivity index (χ4v) is 3.53. The molecule has 8 nitrogen and oxygen atoms in total. The van der Waals surface area contributed by atoms with Gasteiger partial charge in [0.15, 0.2) is 0 Å². The summed E-state index contributed by atoms with van der Waals surface area (Å²) in [5.74, 6) is 0.0222. The van der Waals surface area contributed by atoms with Crippen LogP contribution < -0.4 is 10.6 Å². The number of benzene rings is 1. The second-order valence-corrected chi connectivity index (χ2v) is 8.93. The van der Waals surface area contributed by atoms with E-state index in [2.05, 4.69) is 20.6 Å². The summed E-state index contributed by atoms with van der Waals surface area (Å²) in [6, 6.07) is 10.0. The van der Waals surface area contributed by atoms with E-state index in [0.29, 0.717) is 13.1 Å². The molecule has 2 N–H and O–H groups in total. The van der Waals surface area contributed by atoms with Gasteiger partial charge in [-0.3, -0.25) is 9.69 Å². The summed E-state index contributed by atoms with van der Waals surface area (Å²) >= 11 is 0. The van der Waals surface area contributed by atoms with Crippen molar-refractivity contribution in [1.82, 2.24) is 25.3 Å². The molecule has 1 aliphatic heterocycles. The summed E-state index contributed by atoms with van der Waals surface area (Å²) in [5.41, 5.74) is 1.60. The number of nitrogens with zero attached hydrogens (tertiary/aromatic N) is 3. The number of rotatable bonds is 7. The van der Waals surface area contributed by atoms with Crippen LogP contribution in [-0.4, -0.2) is 64.5 Å². The Morgan fingerprint density at radius 1 is 1.16 bits per heavy atom. The molecule has 31 heavy (non-hydrogen) atoms. The van der Waals surface area contributed by atoms with Crippen molar-refractivity contribution in [1.29, 1.82) is 0 Å². The van der Waals surface area contributed by atoms with Crippen LogP contribution in [0.15, 0.2) is 42.7 Å². The Morgan fingerprint density at radius 2 is 1.87 bits per heavy atom. The van der Waals surface area contributed by atoms with Gasteiger partial charge in [-0.1, -0.05) is 18.2 Å². The third-order valence-electron chi connectivity index (χ3n) is 5.07. The fraction of sp³-hybridized carbons (Fsp3) is 0.522. The van der Waals surface area contributed by atoms with Crippen molar-refractivity contribution in [3.8, 4) is 5.69 Å². The fourth-order valence-electron chi connectivity index (χ4n) is 3.53. The SMILES string of the molecule is CC(C)(C)OC(=O)NC1CCN(CC(=O)NCCc2cnn(-c3ccccc3)c2)CC1. The summed E-state index contributed by atoms with van der Waals surface area (Å²) in [7, 11) is 0. The minimum Gasteiger partial charge on any atom is -0.444 e. The van der Waals surface area contributed by atoms with Gasteiger partial charge < -0.3 is 15.4 Å². The first kappa shape index (κ1) is 22.8. The molecule has 8 heteroatoms. The Labute approximate surface area is 183 Å². The second kappa shape index (κ2) is 10.4. The first-order valence-electron chi connectivity index (χ1n) is 10.9. The van der Waals surface area contributed by atoms with Crippen LogP contribution in [0.2, 0.25) is 0 Å². The average Bonchev–Trinajstić information content (AvgIpc) is 3.18. The second-order valence-electron chi connectivity index (χ2n) is 8.93. The monoisotopic (exact) mass is 427 g/mol.